The van der Waals surface area contributed by atoms with E-state index in [-0.39, 0.29) is 29.9 Å². The minimum atomic E-state index is -0.121. The maximum absolute atomic E-state index is 12.8. The van der Waals surface area contributed by atoms with E-state index in [9.17, 15) is 9.59 Å². The van der Waals surface area contributed by atoms with Gasteiger partial charge >= 0.3 is 0 Å². The van der Waals surface area contributed by atoms with Crippen molar-refractivity contribution in [1.29, 1.82) is 0 Å². The van der Waals surface area contributed by atoms with Gasteiger partial charge in [0.2, 0.25) is 0 Å². The molecule has 0 aromatic heterocycles. The molecule has 3 rings (SSSR count). The summed E-state index contributed by atoms with van der Waals surface area (Å²) in [4.78, 5) is 27.2. The second kappa shape index (κ2) is 9.76. The first-order valence-corrected chi connectivity index (χ1v) is 11.4. The molecule has 0 unspecified atom stereocenters. The molecule has 0 spiro atoms. The molecule has 32 heavy (non-hydrogen) atoms. The molecule has 0 bridgehead atoms. The van der Waals surface area contributed by atoms with Gasteiger partial charge in [-0.1, -0.05) is 44.5 Å². The van der Waals surface area contributed by atoms with Crippen LogP contribution in [0.25, 0.3) is 0 Å². The number of piperidine rings is 1. The van der Waals surface area contributed by atoms with E-state index in [1.165, 1.54) is 11.1 Å². The summed E-state index contributed by atoms with van der Waals surface area (Å²) in [7, 11) is 0. The summed E-state index contributed by atoms with van der Waals surface area (Å²) < 4.78 is 5.88. The predicted molar refractivity (Wildman–Crippen MR) is 128 cm³/mol. The van der Waals surface area contributed by atoms with E-state index < -0.39 is 0 Å². The monoisotopic (exact) mass is 436 g/mol. The van der Waals surface area contributed by atoms with Crippen molar-refractivity contribution in [2.24, 2.45) is 0 Å². The van der Waals surface area contributed by atoms with E-state index in [2.05, 4.69) is 39.1 Å². The van der Waals surface area contributed by atoms with Gasteiger partial charge < -0.3 is 15.0 Å². The van der Waals surface area contributed by atoms with Crippen LogP contribution in [0, 0.1) is 20.8 Å². The number of hydrogen-bond acceptors (Lipinski definition) is 3. The molecule has 0 atom stereocenters. The standard InChI is InChI=1S/C27H36N2O3/c1-18-7-10-24(23(15-18)27(4,5)6)32-17-25(30)28-22-11-13-29(14-12-22)26(31)21-9-8-19(2)20(3)16-21/h7-10,15-16,22H,11-14,17H2,1-6H3,(H,28,30). The Morgan fingerprint density at radius 1 is 1.00 bits per heavy atom. The predicted octanol–water partition coefficient (Wildman–Crippen LogP) is 4.71. The van der Waals surface area contributed by atoms with E-state index in [1.807, 2.05) is 49.1 Å². The average Bonchev–Trinajstić information content (AvgIpc) is 2.74. The van der Waals surface area contributed by atoms with Crippen molar-refractivity contribution in [3.05, 3.63) is 64.2 Å². The molecule has 5 nitrogen and oxygen atoms in total. The Balaban J connectivity index is 1.50. The van der Waals surface area contributed by atoms with Crippen molar-refractivity contribution in [2.45, 2.75) is 65.8 Å². The summed E-state index contributed by atoms with van der Waals surface area (Å²) >= 11 is 0. The maximum Gasteiger partial charge on any atom is 0.258 e. The molecule has 2 amide bonds. The number of aryl methyl sites for hydroxylation is 3. The number of amides is 2. The molecule has 1 heterocycles. The molecule has 5 heteroatoms. The lowest BCUT2D eigenvalue weighted by molar-refractivity contribution is -0.124. The van der Waals surface area contributed by atoms with Gasteiger partial charge in [0.15, 0.2) is 6.61 Å². The van der Waals surface area contributed by atoms with Gasteiger partial charge in [-0.2, -0.15) is 0 Å². The number of rotatable bonds is 5. The summed E-state index contributed by atoms with van der Waals surface area (Å²) in [5.41, 5.74) is 5.26. The highest BCUT2D eigenvalue weighted by molar-refractivity contribution is 5.94. The zero-order chi connectivity index (χ0) is 23.5. The van der Waals surface area contributed by atoms with E-state index in [0.29, 0.717) is 13.1 Å². The van der Waals surface area contributed by atoms with Crippen molar-refractivity contribution in [3.8, 4) is 5.75 Å². The molecule has 172 valence electrons. The van der Waals surface area contributed by atoms with Crippen LogP contribution in [-0.4, -0.2) is 42.5 Å². The molecular weight excluding hydrogens is 400 g/mol. The minimum Gasteiger partial charge on any atom is -0.483 e. The number of nitrogens with zero attached hydrogens (tertiary/aromatic N) is 1. The first-order chi connectivity index (χ1) is 15.0. The zero-order valence-electron chi connectivity index (χ0n) is 20.2. The van der Waals surface area contributed by atoms with Crippen LogP contribution in [0.15, 0.2) is 36.4 Å². The highest BCUT2D eigenvalue weighted by Crippen LogP contribution is 2.32. The zero-order valence-corrected chi connectivity index (χ0v) is 20.2. The Labute approximate surface area is 192 Å². The second-order valence-electron chi connectivity index (χ2n) is 9.97. The molecule has 1 N–H and O–H groups in total. The van der Waals surface area contributed by atoms with E-state index in [4.69, 9.17) is 4.74 Å². The lowest BCUT2D eigenvalue weighted by atomic mass is 9.85. The first kappa shape index (κ1) is 23.8. The van der Waals surface area contributed by atoms with Crippen molar-refractivity contribution >= 4 is 11.8 Å². The number of hydrogen-bond donors (Lipinski definition) is 1. The van der Waals surface area contributed by atoms with Crippen LogP contribution in [-0.2, 0) is 10.2 Å². The van der Waals surface area contributed by atoms with Crippen molar-refractivity contribution in [1.82, 2.24) is 10.2 Å². The van der Waals surface area contributed by atoms with Crippen LogP contribution in [0.4, 0.5) is 0 Å². The van der Waals surface area contributed by atoms with Gasteiger partial charge in [0.05, 0.1) is 0 Å². The van der Waals surface area contributed by atoms with Crippen LogP contribution in [0.3, 0.4) is 0 Å². The Kier molecular flexibility index (Phi) is 7.27. The van der Waals surface area contributed by atoms with Crippen LogP contribution < -0.4 is 10.1 Å². The van der Waals surface area contributed by atoms with Crippen LogP contribution in [0.1, 0.15) is 66.2 Å². The third-order valence-corrected chi connectivity index (χ3v) is 6.20. The highest BCUT2D eigenvalue weighted by Gasteiger charge is 2.25. The number of benzene rings is 2. The molecule has 0 saturated carbocycles. The quantitative estimate of drug-likeness (QED) is 0.739. The van der Waals surface area contributed by atoms with Crippen LogP contribution in [0.5, 0.6) is 5.75 Å². The first-order valence-electron chi connectivity index (χ1n) is 11.4. The van der Waals surface area contributed by atoms with Crippen molar-refractivity contribution < 1.29 is 14.3 Å². The Bertz CT molecular complexity index is 983. The van der Waals surface area contributed by atoms with E-state index >= 15 is 0 Å². The summed E-state index contributed by atoms with van der Waals surface area (Å²) in [6.45, 7) is 13.8. The molecular formula is C27H36N2O3. The van der Waals surface area contributed by atoms with Gasteiger partial charge in [0.1, 0.15) is 5.75 Å². The Hall–Kier alpha value is -2.82. The fourth-order valence-corrected chi connectivity index (χ4v) is 4.05. The fraction of sp³-hybridized carbons (Fsp3) is 0.481. The van der Waals surface area contributed by atoms with Gasteiger partial charge in [-0.25, -0.2) is 0 Å². The number of carbonyl (C=O) groups excluding carboxylic acids is 2. The van der Waals surface area contributed by atoms with Gasteiger partial charge in [-0.15, -0.1) is 0 Å². The molecule has 1 fully saturated rings. The Morgan fingerprint density at radius 3 is 2.31 bits per heavy atom. The summed E-state index contributed by atoms with van der Waals surface area (Å²) in [6.07, 6.45) is 1.50. The number of carbonyl (C=O) groups is 2. The summed E-state index contributed by atoms with van der Waals surface area (Å²) in [5.74, 6) is 0.701. The normalized spacial score (nSPS) is 14.9. The molecule has 2 aromatic carbocycles. The lowest BCUT2D eigenvalue weighted by Gasteiger charge is -2.32. The fourth-order valence-electron chi connectivity index (χ4n) is 4.05. The molecule has 1 aliphatic heterocycles. The maximum atomic E-state index is 12.8. The highest BCUT2D eigenvalue weighted by atomic mass is 16.5. The van der Waals surface area contributed by atoms with Gasteiger partial charge in [0.25, 0.3) is 11.8 Å². The average molecular weight is 437 g/mol. The van der Waals surface area contributed by atoms with Gasteiger partial charge in [-0.3, -0.25) is 9.59 Å². The summed E-state index contributed by atoms with van der Waals surface area (Å²) in [5, 5.41) is 3.07. The molecule has 0 radical (unpaired) electrons. The molecule has 2 aromatic rings. The van der Waals surface area contributed by atoms with Crippen molar-refractivity contribution in [2.75, 3.05) is 19.7 Å². The minimum absolute atomic E-state index is 0.00602. The third-order valence-electron chi connectivity index (χ3n) is 6.20. The smallest absolute Gasteiger partial charge is 0.258 e. The summed E-state index contributed by atoms with van der Waals surface area (Å²) in [6, 6.07) is 12.0. The molecule has 0 aliphatic carbocycles. The van der Waals surface area contributed by atoms with Crippen LogP contribution in [0.2, 0.25) is 0 Å². The Morgan fingerprint density at radius 2 is 1.69 bits per heavy atom. The number of likely N-dealkylation sites (tertiary alicyclic amines) is 1. The second-order valence-corrected chi connectivity index (χ2v) is 9.97. The van der Waals surface area contributed by atoms with E-state index in [0.717, 1.165) is 35.3 Å². The third kappa shape index (κ3) is 5.90. The topological polar surface area (TPSA) is 58.6 Å². The van der Waals surface area contributed by atoms with Crippen LogP contribution >= 0.6 is 0 Å². The van der Waals surface area contributed by atoms with Crippen molar-refractivity contribution in [3.63, 3.8) is 0 Å². The number of nitrogens with one attached hydrogen (secondary N) is 1. The number of ether oxygens (including phenoxy) is 1. The van der Waals surface area contributed by atoms with Gasteiger partial charge in [0, 0.05) is 24.7 Å². The molecule has 1 aliphatic rings. The lowest BCUT2D eigenvalue weighted by Crippen LogP contribution is -2.47. The SMILES string of the molecule is Cc1ccc(OCC(=O)NC2CCN(C(=O)c3ccc(C)c(C)c3)CC2)c(C(C)(C)C)c1. The van der Waals surface area contributed by atoms with E-state index in [1.54, 1.807) is 0 Å². The largest absolute Gasteiger partial charge is 0.483 e. The molecule has 1 saturated heterocycles. The van der Waals surface area contributed by atoms with Gasteiger partial charge in [-0.05, 0) is 73.9 Å².